The summed E-state index contributed by atoms with van der Waals surface area (Å²) >= 11 is 3.06. The highest BCUT2D eigenvalue weighted by Gasteiger charge is 2.11. The first-order valence-electron chi connectivity index (χ1n) is 6.76. The van der Waals surface area contributed by atoms with Crippen molar-refractivity contribution in [3.8, 4) is 11.8 Å². The Morgan fingerprint density at radius 2 is 2.29 bits per heavy atom. The molecule has 0 spiro atoms. The lowest BCUT2D eigenvalue weighted by Crippen LogP contribution is -2.22. The lowest BCUT2D eigenvalue weighted by molar-refractivity contribution is 0.0954. The van der Waals surface area contributed by atoms with Gasteiger partial charge in [-0.15, -0.1) is 22.7 Å². The lowest BCUT2D eigenvalue weighted by atomic mass is 10.2. The number of rotatable bonds is 5. The second-order valence-electron chi connectivity index (χ2n) is 4.39. The van der Waals surface area contributed by atoms with E-state index >= 15 is 0 Å². The number of aliphatic hydroxyl groups is 1. The van der Waals surface area contributed by atoms with Crippen molar-refractivity contribution >= 4 is 28.6 Å². The quantitative estimate of drug-likeness (QED) is 0.832. The Hall–Kier alpha value is -1.61. The molecule has 0 saturated heterocycles. The maximum absolute atomic E-state index is 12.1. The number of carbonyl (C=O) groups excluding carboxylic acids is 1. The fourth-order valence-electron chi connectivity index (χ4n) is 1.82. The fraction of sp³-hybridized carbons (Fsp3) is 0.312. The maximum Gasteiger partial charge on any atom is 0.261 e. The molecule has 0 aromatic carbocycles. The number of hydrogen-bond acceptors (Lipinski definition) is 4. The van der Waals surface area contributed by atoms with Gasteiger partial charge in [-0.3, -0.25) is 4.79 Å². The van der Waals surface area contributed by atoms with Crippen LogP contribution in [0.5, 0.6) is 0 Å². The Kier molecular flexibility index (Phi) is 6.00. The van der Waals surface area contributed by atoms with Crippen LogP contribution in [0.3, 0.4) is 0 Å². The van der Waals surface area contributed by atoms with E-state index in [1.807, 2.05) is 22.9 Å². The molecule has 5 heteroatoms. The van der Waals surface area contributed by atoms with Gasteiger partial charge < -0.3 is 10.4 Å². The summed E-state index contributed by atoms with van der Waals surface area (Å²) in [6.07, 6.45) is 1.36. The predicted molar refractivity (Wildman–Crippen MR) is 87.8 cm³/mol. The van der Waals surface area contributed by atoms with Crippen molar-refractivity contribution in [2.45, 2.75) is 26.3 Å². The van der Waals surface area contributed by atoms with Crippen LogP contribution < -0.4 is 5.32 Å². The van der Waals surface area contributed by atoms with Crippen LogP contribution in [0.2, 0.25) is 0 Å². The van der Waals surface area contributed by atoms with Gasteiger partial charge in [0.1, 0.15) is 0 Å². The smallest absolute Gasteiger partial charge is 0.261 e. The van der Waals surface area contributed by atoms with Crippen LogP contribution in [0.15, 0.2) is 22.9 Å². The van der Waals surface area contributed by atoms with Gasteiger partial charge >= 0.3 is 0 Å². The van der Waals surface area contributed by atoms with E-state index < -0.39 is 0 Å². The first-order chi connectivity index (χ1) is 10.2. The van der Waals surface area contributed by atoms with Gasteiger partial charge in [-0.1, -0.05) is 18.8 Å². The third-order valence-corrected chi connectivity index (χ3v) is 4.77. The molecule has 0 unspecified atom stereocenters. The molecule has 2 N–H and O–H groups in total. The summed E-state index contributed by atoms with van der Waals surface area (Å²) in [6, 6.07) is 3.98. The van der Waals surface area contributed by atoms with Crippen LogP contribution in [0, 0.1) is 11.8 Å². The molecule has 21 heavy (non-hydrogen) atoms. The molecule has 0 radical (unpaired) electrons. The number of aryl methyl sites for hydroxylation is 1. The molecule has 0 atom stereocenters. The van der Waals surface area contributed by atoms with E-state index in [4.69, 9.17) is 5.11 Å². The van der Waals surface area contributed by atoms with Crippen molar-refractivity contribution in [1.82, 2.24) is 5.32 Å². The highest BCUT2D eigenvalue weighted by Crippen LogP contribution is 2.18. The Bertz CT molecular complexity index is 661. The first-order valence-corrected chi connectivity index (χ1v) is 8.52. The van der Waals surface area contributed by atoms with Crippen LogP contribution in [0.4, 0.5) is 0 Å². The zero-order valence-electron chi connectivity index (χ0n) is 11.8. The van der Waals surface area contributed by atoms with Gasteiger partial charge in [0.2, 0.25) is 0 Å². The fourth-order valence-corrected chi connectivity index (χ4v) is 3.49. The van der Waals surface area contributed by atoms with Crippen LogP contribution in [0.1, 0.15) is 39.0 Å². The van der Waals surface area contributed by atoms with Gasteiger partial charge in [-0.05, 0) is 29.5 Å². The summed E-state index contributed by atoms with van der Waals surface area (Å²) in [5, 5.41) is 15.6. The van der Waals surface area contributed by atoms with Gasteiger partial charge in [-0.2, -0.15) is 0 Å². The third-order valence-electron chi connectivity index (χ3n) is 2.88. The third kappa shape index (κ3) is 4.43. The summed E-state index contributed by atoms with van der Waals surface area (Å²) < 4.78 is 0. The van der Waals surface area contributed by atoms with E-state index in [0.29, 0.717) is 13.0 Å². The average Bonchev–Trinajstić information content (AvgIpc) is 3.14. The van der Waals surface area contributed by atoms with E-state index in [9.17, 15) is 4.79 Å². The minimum atomic E-state index is -0.0110. The average molecular weight is 319 g/mol. The highest BCUT2D eigenvalue weighted by molar-refractivity contribution is 7.12. The minimum absolute atomic E-state index is 0.0110. The minimum Gasteiger partial charge on any atom is -0.395 e. The number of aliphatic hydroxyl groups excluding tert-OH is 1. The molecule has 0 fully saturated rings. The topological polar surface area (TPSA) is 49.3 Å². The Morgan fingerprint density at radius 3 is 3.05 bits per heavy atom. The van der Waals surface area contributed by atoms with Gasteiger partial charge in [0, 0.05) is 22.2 Å². The van der Waals surface area contributed by atoms with Gasteiger partial charge in [-0.25, -0.2) is 0 Å². The second kappa shape index (κ2) is 7.99. The summed E-state index contributed by atoms with van der Waals surface area (Å²) in [7, 11) is 0. The lowest BCUT2D eigenvalue weighted by Gasteiger charge is -2.03. The molecule has 1 amide bonds. The van der Waals surface area contributed by atoms with Crippen molar-refractivity contribution < 1.29 is 9.90 Å². The summed E-state index contributed by atoms with van der Waals surface area (Å²) in [5.41, 5.74) is 2.03. The van der Waals surface area contributed by atoms with Crippen molar-refractivity contribution in [2.75, 3.05) is 6.61 Å². The first kappa shape index (κ1) is 15.8. The van der Waals surface area contributed by atoms with E-state index in [-0.39, 0.29) is 12.5 Å². The van der Waals surface area contributed by atoms with Crippen molar-refractivity contribution in [3.05, 3.63) is 43.8 Å². The molecule has 0 aliphatic heterocycles. The van der Waals surface area contributed by atoms with Crippen molar-refractivity contribution in [3.63, 3.8) is 0 Å². The monoisotopic (exact) mass is 319 g/mol. The van der Waals surface area contributed by atoms with Crippen molar-refractivity contribution in [1.29, 1.82) is 0 Å². The summed E-state index contributed by atoms with van der Waals surface area (Å²) in [5.74, 6) is 5.87. The molecular formula is C16H17NO2S2. The molecule has 2 rings (SSSR count). The second-order valence-corrected chi connectivity index (χ2v) is 6.30. The number of hydrogen-bond donors (Lipinski definition) is 2. The predicted octanol–water partition coefficient (Wildman–Crippen LogP) is 3.04. The Labute approximate surface area is 132 Å². The van der Waals surface area contributed by atoms with Crippen LogP contribution in [-0.4, -0.2) is 17.6 Å². The normalized spacial score (nSPS) is 10.0. The number of amides is 1. The molecule has 3 nitrogen and oxygen atoms in total. The zero-order valence-corrected chi connectivity index (χ0v) is 13.4. The van der Waals surface area contributed by atoms with E-state index in [1.165, 1.54) is 11.3 Å². The molecule has 110 valence electrons. The summed E-state index contributed by atoms with van der Waals surface area (Å²) in [6.45, 7) is 2.66. The SMILES string of the molecule is CCc1ccsc1C(=O)NCc1cc(C#CCCO)cs1. The molecule has 2 aromatic heterocycles. The molecule has 0 aliphatic carbocycles. The summed E-state index contributed by atoms with van der Waals surface area (Å²) in [4.78, 5) is 14.0. The number of thiophene rings is 2. The van der Waals surface area contributed by atoms with E-state index in [2.05, 4.69) is 24.1 Å². The largest absolute Gasteiger partial charge is 0.395 e. The number of carbonyl (C=O) groups is 1. The van der Waals surface area contributed by atoms with Crippen molar-refractivity contribution in [2.24, 2.45) is 0 Å². The Balaban J connectivity index is 1.92. The highest BCUT2D eigenvalue weighted by atomic mass is 32.1. The molecule has 2 aromatic rings. The van der Waals surface area contributed by atoms with E-state index in [1.54, 1.807) is 11.3 Å². The van der Waals surface area contributed by atoms with Crippen LogP contribution >= 0.6 is 22.7 Å². The zero-order chi connectivity index (χ0) is 15.1. The van der Waals surface area contributed by atoms with Crippen LogP contribution in [-0.2, 0) is 13.0 Å². The molecule has 0 saturated carbocycles. The standard InChI is InChI=1S/C16H17NO2S2/c1-2-13-6-8-20-15(13)16(19)17-10-14-9-12(11-21-14)5-3-4-7-18/h6,8-9,11,18H,2,4,7,10H2,1H3,(H,17,19). The van der Waals surface area contributed by atoms with E-state index in [0.717, 1.165) is 27.3 Å². The Morgan fingerprint density at radius 1 is 1.43 bits per heavy atom. The number of nitrogens with one attached hydrogen (secondary N) is 1. The maximum atomic E-state index is 12.1. The molecular weight excluding hydrogens is 302 g/mol. The van der Waals surface area contributed by atoms with Gasteiger partial charge in [0.15, 0.2) is 0 Å². The molecule has 0 aliphatic rings. The van der Waals surface area contributed by atoms with Gasteiger partial charge in [0.25, 0.3) is 5.91 Å². The van der Waals surface area contributed by atoms with Gasteiger partial charge in [0.05, 0.1) is 18.0 Å². The van der Waals surface area contributed by atoms with Crippen LogP contribution in [0.25, 0.3) is 0 Å². The molecule has 0 bridgehead atoms. The molecule has 2 heterocycles.